The van der Waals surface area contributed by atoms with Crippen LogP contribution in [0.2, 0.25) is 0 Å². The van der Waals surface area contributed by atoms with E-state index in [-0.39, 0.29) is 11.4 Å². The maximum Gasteiger partial charge on any atom is 0.338 e. The molecule has 0 fully saturated rings. The van der Waals surface area contributed by atoms with Gasteiger partial charge in [0.2, 0.25) is 0 Å². The summed E-state index contributed by atoms with van der Waals surface area (Å²) in [5, 5.41) is 14.8. The highest BCUT2D eigenvalue weighted by Crippen LogP contribution is 2.22. The molecule has 0 aromatic heterocycles. The number of esters is 1. The number of ether oxygens (including phenoxy) is 1. The van der Waals surface area contributed by atoms with Crippen molar-refractivity contribution >= 4 is 23.6 Å². The Morgan fingerprint density at radius 2 is 1.91 bits per heavy atom. The van der Waals surface area contributed by atoms with Gasteiger partial charge in [0.15, 0.2) is 0 Å². The minimum atomic E-state index is -0.500. The number of anilines is 1. The molecule has 0 saturated heterocycles. The minimum Gasteiger partial charge on any atom is -0.465 e. The smallest absolute Gasteiger partial charge is 0.338 e. The van der Waals surface area contributed by atoms with Gasteiger partial charge in [-0.05, 0) is 12.1 Å². The minimum absolute atomic E-state index is 0.0825. The van der Waals surface area contributed by atoms with Crippen molar-refractivity contribution in [3.8, 4) is 0 Å². The first-order valence-corrected chi connectivity index (χ1v) is 6.33. The standard InChI is InChI=1S/C15H13N3O4/c1-22-15(19)12-7-3-2-6-11(12)10-16-17-13-8-4-5-9-14(13)18(20)21/h2-10,17H,1H3/b16-10-. The molecule has 0 unspecified atom stereocenters. The maximum atomic E-state index is 11.6. The van der Waals surface area contributed by atoms with E-state index in [1.807, 2.05) is 0 Å². The summed E-state index contributed by atoms with van der Waals surface area (Å²) >= 11 is 0. The van der Waals surface area contributed by atoms with Gasteiger partial charge in [0, 0.05) is 11.6 Å². The molecule has 0 atom stereocenters. The summed E-state index contributed by atoms with van der Waals surface area (Å²) in [6.45, 7) is 0. The molecule has 0 aliphatic carbocycles. The number of benzene rings is 2. The second kappa shape index (κ2) is 6.98. The van der Waals surface area contributed by atoms with Gasteiger partial charge < -0.3 is 4.74 Å². The number of hydrogen-bond acceptors (Lipinski definition) is 6. The molecule has 1 N–H and O–H groups in total. The Kier molecular flexibility index (Phi) is 4.81. The van der Waals surface area contributed by atoms with Crippen LogP contribution in [0.15, 0.2) is 53.6 Å². The van der Waals surface area contributed by atoms with Crippen LogP contribution in [-0.4, -0.2) is 24.2 Å². The third-order valence-corrected chi connectivity index (χ3v) is 2.86. The van der Waals surface area contributed by atoms with Crippen LogP contribution in [0.1, 0.15) is 15.9 Å². The number of carbonyl (C=O) groups is 1. The summed E-state index contributed by atoms with van der Waals surface area (Å²) in [4.78, 5) is 22.0. The first-order chi connectivity index (χ1) is 10.6. The second-order valence-corrected chi connectivity index (χ2v) is 4.22. The molecule has 0 aliphatic heterocycles. The van der Waals surface area contributed by atoms with E-state index in [1.54, 1.807) is 42.5 Å². The van der Waals surface area contributed by atoms with Gasteiger partial charge in [-0.1, -0.05) is 30.3 Å². The quantitative estimate of drug-likeness (QED) is 0.396. The molecule has 22 heavy (non-hydrogen) atoms. The summed E-state index contributed by atoms with van der Waals surface area (Å²) in [5.74, 6) is -0.479. The lowest BCUT2D eigenvalue weighted by atomic mass is 10.1. The summed E-state index contributed by atoms with van der Waals surface area (Å²) in [5.41, 5.74) is 3.69. The fourth-order valence-electron chi connectivity index (χ4n) is 1.80. The van der Waals surface area contributed by atoms with Crippen LogP contribution in [0.25, 0.3) is 0 Å². The van der Waals surface area contributed by atoms with Gasteiger partial charge in [-0.3, -0.25) is 15.5 Å². The van der Waals surface area contributed by atoms with Crippen LogP contribution >= 0.6 is 0 Å². The highest BCUT2D eigenvalue weighted by molar-refractivity contribution is 5.99. The predicted octanol–water partition coefficient (Wildman–Crippen LogP) is 2.83. The zero-order valence-corrected chi connectivity index (χ0v) is 11.7. The molecule has 2 rings (SSSR count). The molecule has 0 radical (unpaired) electrons. The molecule has 0 bridgehead atoms. The first kappa shape index (κ1) is 15.2. The molecule has 0 amide bonds. The number of nitro groups is 1. The van der Waals surface area contributed by atoms with Crippen molar-refractivity contribution in [1.82, 2.24) is 0 Å². The number of nitrogens with zero attached hydrogens (tertiary/aromatic N) is 2. The number of rotatable bonds is 5. The molecular weight excluding hydrogens is 286 g/mol. The Morgan fingerprint density at radius 3 is 2.64 bits per heavy atom. The van der Waals surface area contributed by atoms with Crippen LogP contribution in [0.3, 0.4) is 0 Å². The molecular formula is C15H13N3O4. The normalized spacial score (nSPS) is 10.4. The van der Waals surface area contributed by atoms with Crippen molar-refractivity contribution in [2.45, 2.75) is 0 Å². The zero-order valence-electron chi connectivity index (χ0n) is 11.7. The van der Waals surface area contributed by atoms with E-state index in [0.29, 0.717) is 11.1 Å². The van der Waals surface area contributed by atoms with Crippen molar-refractivity contribution in [2.75, 3.05) is 12.5 Å². The molecule has 0 heterocycles. The fraction of sp³-hybridized carbons (Fsp3) is 0.0667. The van der Waals surface area contributed by atoms with E-state index in [1.165, 1.54) is 19.4 Å². The average Bonchev–Trinajstić information content (AvgIpc) is 2.55. The van der Waals surface area contributed by atoms with Gasteiger partial charge >= 0.3 is 5.97 Å². The molecule has 7 nitrogen and oxygen atoms in total. The van der Waals surface area contributed by atoms with E-state index >= 15 is 0 Å². The second-order valence-electron chi connectivity index (χ2n) is 4.22. The topological polar surface area (TPSA) is 93.8 Å². The Balaban J connectivity index is 2.21. The van der Waals surface area contributed by atoms with Crippen LogP contribution < -0.4 is 5.43 Å². The van der Waals surface area contributed by atoms with Gasteiger partial charge in [-0.15, -0.1) is 0 Å². The van der Waals surface area contributed by atoms with Gasteiger partial charge in [0.05, 0.1) is 23.8 Å². The molecule has 0 spiro atoms. The lowest BCUT2D eigenvalue weighted by Crippen LogP contribution is -2.05. The number of nitro benzene ring substituents is 1. The Labute approximate surface area is 126 Å². The van der Waals surface area contributed by atoms with Crippen molar-refractivity contribution < 1.29 is 14.5 Å². The third kappa shape index (κ3) is 3.45. The third-order valence-electron chi connectivity index (χ3n) is 2.86. The molecule has 2 aromatic rings. The average molecular weight is 299 g/mol. The highest BCUT2D eigenvalue weighted by atomic mass is 16.6. The lowest BCUT2D eigenvalue weighted by Gasteiger charge is -2.04. The number of carbonyl (C=O) groups excluding carboxylic acids is 1. The highest BCUT2D eigenvalue weighted by Gasteiger charge is 2.12. The van der Waals surface area contributed by atoms with Gasteiger partial charge in [0.25, 0.3) is 5.69 Å². The van der Waals surface area contributed by atoms with E-state index in [4.69, 9.17) is 0 Å². The molecule has 112 valence electrons. The Morgan fingerprint density at radius 1 is 1.23 bits per heavy atom. The number of methoxy groups -OCH3 is 1. The largest absolute Gasteiger partial charge is 0.465 e. The molecule has 0 aliphatic rings. The first-order valence-electron chi connectivity index (χ1n) is 6.33. The van der Waals surface area contributed by atoms with Crippen LogP contribution in [0, 0.1) is 10.1 Å². The van der Waals surface area contributed by atoms with Gasteiger partial charge in [0.1, 0.15) is 5.69 Å². The number of para-hydroxylation sites is 2. The van der Waals surface area contributed by atoms with Gasteiger partial charge in [-0.2, -0.15) is 5.10 Å². The van der Waals surface area contributed by atoms with Crippen molar-refractivity contribution in [3.05, 3.63) is 69.8 Å². The van der Waals surface area contributed by atoms with Crippen LogP contribution in [-0.2, 0) is 4.74 Å². The number of nitrogens with one attached hydrogen (secondary N) is 1. The van der Waals surface area contributed by atoms with E-state index < -0.39 is 10.9 Å². The molecule has 2 aromatic carbocycles. The van der Waals surface area contributed by atoms with E-state index in [0.717, 1.165) is 0 Å². The summed E-state index contributed by atoms with van der Waals surface area (Å²) in [6, 6.07) is 12.9. The Bertz CT molecular complexity index is 728. The summed E-state index contributed by atoms with van der Waals surface area (Å²) < 4.78 is 4.68. The monoisotopic (exact) mass is 299 g/mol. The number of hydrogen-bond donors (Lipinski definition) is 1. The van der Waals surface area contributed by atoms with Gasteiger partial charge in [-0.25, -0.2) is 4.79 Å². The summed E-state index contributed by atoms with van der Waals surface area (Å²) in [7, 11) is 1.29. The van der Waals surface area contributed by atoms with Crippen LogP contribution in [0.4, 0.5) is 11.4 Å². The molecule has 7 heteroatoms. The zero-order chi connectivity index (χ0) is 15.9. The molecule has 0 saturated carbocycles. The number of hydrazone groups is 1. The lowest BCUT2D eigenvalue weighted by molar-refractivity contribution is -0.384. The van der Waals surface area contributed by atoms with Crippen molar-refractivity contribution in [2.24, 2.45) is 5.10 Å². The fourth-order valence-corrected chi connectivity index (χ4v) is 1.80. The van der Waals surface area contributed by atoms with Crippen molar-refractivity contribution in [3.63, 3.8) is 0 Å². The van der Waals surface area contributed by atoms with Crippen molar-refractivity contribution in [1.29, 1.82) is 0 Å². The Hall–Kier alpha value is -3.22. The SMILES string of the molecule is COC(=O)c1ccccc1/C=N\Nc1ccccc1[N+](=O)[O-]. The predicted molar refractivity (Wildman–Crippen MR) is 82.1 cm³/mol. The van der Waals surface area contributed by atoms with Crippen LogP contribution in [0.5, 0.6) is 0 Å². The van der Waals surface area contributed by atoms with E-state index in [9.17, 15) is 14.9 Å². The van der Waals surface area contributed by atoms with E-state index in [2.05, 4.69) is 15.3 Å². The summed E-state index contributed by atoms with van der Waals surface area (Å²) in [6.07, 6.45) is 1.41. The maximum absolute atomic E-state index is 11.6.